The SMILES string of the molecule is COc1ccc(-n2c(COc3ccccc3OC)nnc2SCC(=O)O)cc1. The van der Waals surface area contributed by atoms with Crippen LogP contribution in [0.15, 0.2) is 53.7 Å². The van der Waals surface area contributed by atoms with Crippen LogP contribution in [0.3, 0.4) is 0 Å². The predicted octanol–water partition coefficient (Wildman–Crippen LogP) is 3.04. The molecular formula is C19H19N3O5S. The molecule has 1 heterocycles. The zero-order valence-electron chi connectivity index (χ0n) is 15.4. The largest absolute Gasteiger partial charge is 0.497 e. The van der Waals surface area contributed by atoms with Crippen LogP contribution in [-0.4, -0.2) is 45.8 Å². The van der Waals surface area contributed by atoms with Gasteiger partial charge < -0.3 is 19.3 Å². The van der Waals surface area contributed by atoms with E-state index in [1.54, 1.807) is 30.9 Å². The van der Waals surface area contributed by atoms with E-state index in [1.807, 2.05) is 36.4 Å². The molecule has 0 saturated carbocycles. The Morgan fingerprint density at radius 1 is 1.04 bits per heavy atom. The van der Waals surface area contributed by atoms with Crippen molar-refractivity contribution in [3.05, 3.63) is 54.4 Å². The average molecular weight is 401 g/mol. The highest BCUT2D eigenvalue weighted by molar-refractivity contribution is 7.99. The Labute approximate surface area is 166 Å². The zero-order chi connectivity index (χ0) is 19.9. The summed E-state index contributed by atoms with van der Waals surface area (Å²) in [4.78, 5) is 11.0. The van der Waals surface area contributed by atoms with E-state index in [0.717, 1.165) is 17.4 Å². The Morgan fingerprint density at radius 3 is 2.39 bits per heavy atom. The van der Waals surface area contributed by atoms with Gasteiger partial charge in [-0.2, -0.15) is 0 Å². The molecule has 0 saturated heterocycles. The van der Waals surface area contributed by atoms with E-state index in [1.165, 1.54) is 0 Å². The van der Waals surface area contributed by atoms with Gasteiger partial charge in [-0.1, -0.05) is 23.9 Å². The van der Waals surface area contributed by atoms with Crippen LogP contribution in [0.5, 0.6) is 17.2 Å². The van der Waals surface area contributed by atoms with E-state index in [4.69, 9.17) is 19.3 Å². The number of methoxy groups -OCH3 is 2. The number of benzene rings is 2. The van der Waals surface area contributed by atoms with Crippen molar-refractivity contribution in [1.29, 1.82) is 0 Å². The molecule has 9 heteroatoms. The third kappa shape index (κ3) is 4.55. The third-order valence-corrected chi connectivity index (χ3v) is 4.70. The first kappa shape index (κ1) is 19.6. The molecule has 0 amide bonds. The number of carboxylic acid groups (broad SMARTS) is 1. The van der Waals surface area contributed by atoms with Crippen molar-refractivity contribution in [2.75, 3.05) is 20.0 Å². The van der Waals surface area contributed by atoms with Gasteiger partial charge in [-0.25, -0.2) is 0 Å². The Balaban J connectivity index is 1.90. The Kier molecular flexibility index (Phi) is 6.38. The number of aliphatic carboxylic acids is 1. The van der Waals surface area contributed by atoms with Gasteiger partial charge in [0.25, 0.3) is 0 Å². The van der Waals surface area contributed by atoms with Crippen LogP contribution in [0.1, 0.15) is 5.82 Å². The van der Waals surface area contributed by atoms with Crippen LogP contribution in [0.25, 0.3) is 5.69 Å². The molecule has 1 aromatic heterocycles. The fourth-order valence-corrected chi connectivity index (χ4v) is 3.18. The van der Waals surface area contributed by atoms with Gasteiger partial charge in [-0.3, -0.25) is 9.36 Å². The summed E-state index contributed by atoms with van der Waals surface area (Å²) < 4.78 is 18.1. The molecule has 0 atom stereocenters. The summed E-state index contributed by atoms with van der Waals surface area (Å²) in [5.74, 6) is 1.38. The van der Waals surface area contributed by atoms with E-state index in [9.17, 15) is 4.79 Å². The molecule has 146 valence electrons. The summed E-state index contributed by atoms with van der Waals surface area (Å²) in [7, 11) is 3.16. The van der Waals surface area contributed by atoms with E-state index in [2.05, 4.69) is 10.2 Å². The maximum atomic E-state index is 11.0. The number of para-hydroxylation sites is 2. The lowest BCUT2D eigenvalue weighted by Gasteiger charge is -2.13. The van der Waals surface area contributed by atoms with E-state index in [-0.39, 0.29) is 12.4 Å². The zero-order valence-corrected chi connectivity index (χ0v) is 16.2. The highest BCUT2D eigenvalue weighted by Gasteiger charge is 2.17. The standard InChI is InChI=1S/C19H19N3O5S/c1-25-14-9-7-13(8-10-14)22-17(20-21-19(22)28-12-18(23)24)11-27-16-6-4-3-5-15(16)26-2/h3-10H,11-12H2,1-2H3,(H,23,24). The highest BCUT2D eigenvalue weighted by Crippen LogP contribution is 2.28. The first-order valence-electron chi connectivity index (χ1n) is 8.31. The number of thioether (sulfide) groups is 1. The molecule has 0 aliphatic carbocycles. The predicted molar refractivity (Wildman–Crippen MR) is 104 cm³/mol. The lowest BCUT2D eigenvalue weighted by molar-refractivity contribution is -0.133. The molecule has 0 aliphatic heterocycles. The van der Waals surface area contributed by atoms with Gasteiger partial charge in [-0.05, 0) is 36.4 Å². The molecule has 0 fully saturated rings. The normalized spacial score (nSPS) is 10.5. The van der Waals surface area contributed by atoms with Crippen molar-refractivity contribution < 1.29 is 24.1 Å². The summed E-state index contributed by atoms with van der Waals surface area (Å²) in [5.41, 5.74) is 0.775. The maximum Gasteiger partial charge on any atom is 0.313 e. The van der Waals surface area contributed by atoms with Gasteiger partial charge in [0, 0.05) is 5.69 Å². The fourth-order valence-electron chi connectivity index (χ4n) is 2.48. The summed E-state index contributed by atoms with van der Waals surface area (Å²) in [6, 6.07) is 14.6. The van der Waals surface area contributed by atoms with Crippen LogP contribution in [0.4, 0.5) is 0 Å². The second-order valence-electron chi connectivity index (χ2n) is 5.55. The number of ether oxygens (including phenoxy) is 3. The number of rotatable bonds is 9. The summed E-state index contributed by atoms with van der Waals surface area (Å²) in [6.07, 6.45) is 0. The van der Waals surface area contributed by atoms with Crippen molar-refractivity contribution in [3.8, 4) is 22.9 Å². The monoisotopic (exact) mass is 401 g/mol. The number of carboxylic acids is 1. The Hall–Kier alpha value is -3.20. The van der Waals surface area contributed by atoms with Crippen molar-refractivity contribution in [1.82, 2.24) is 14.8 Å². The number of nitrogens with zero attached hydrogens (tertiary/aromatic N) is 3. The van der Waals surface area contributed by atoms with Crippen molar-refractivity contribution >= 4 is 17.7 Å². The van der Waals surface area contributed by atoms with Crippen LogP contribution < -0.4 is 14.2 Å². The molecular weight excluding hydrogens is 382 g/mol. The molecule has 0 aliphatic rings. The molecule has 28 heavy (non-hydrogen) atoms. The first-order valence-corrected chi connectivity index (χ1v) is 9.30. The second-order valence-corrected chi connectivity index (χ2v) is 6.50. The summed E-state index contributed by atoms with van der Waals surface area (Å²) in [5, 5.41) is 17.8. The molecule has 1 N–H and O–H groups in total. The molecule has 8 nitrogen and oxygen atoms in total. The topological polar surface area (TPSA) is 95.7 Å². The van der Waals surface area contributed by atoms with E-state index in [0.29, 0.717) is 28.2 Å². The van der Waals surface area contributed by atoms with Crippen molar-refractivity contribution in [3.63, 3.8) is 0 Å². The Morgan fingerprint density at radius 2 is 1.75 bits per heavy atom. The van der Waals surface area contributed by atoms with Gasteiger partial charge in [0.15, 0.2) is 22.5 Å². The molecule has 0 radical (unpaired) electrons. The molecule has 0 unspecified atom stereocenters. The maximum absolute atomic E-state index is 11.0. The van der Waals surface area contributed by atoms with Crippen LogP contribution in [0, 0.1) is 0 Å². The van der Waals surface area contributed by atoms with Gasteiger partial charge in [-0.15, -0.1) is 10.2 Å². The van der Waals surface area contributed by atoms with Gasteiger partial charge in [0.1, 0.15) is 12.4 Å². The molecule has 0 spiro atoms. The van der Waals surface area contributed by atoms with Crippen molar-refractivity contribution in [2.24, 2.45) is 0 Å². The fraction of sp³-hybridized carbons (Fsp3) is 0.211. The molecule has 0 bridgehead atoms. The minimum absolute atomic E-state index is 0.123. The minimum atomic E-state index is -0.930. The molecule has 3 rings (SSSR count). The minimum Gasteiger partial charge on any atom is -0.497 e. The lowest BCUT2D eigenvalue weighted by atomic mass is 10.3. The average Bonchev–Trinajstić information content (AvgIpc) is 3.13. The molecule has 3 aromatic rings. The van der Waals surface area contributed by atoms with Crippen LogP contribution in [0.2, 0.25) is 0 Å². The number of hydrogen-bond donors (Lipinski definition) is 1. The van der Waals surface area contributed by atoms with E-state index < -0.39 is 5.97 Å². The van der Waals surface area contributed by atoms with Crippen LogP contribution in [-0.2, 0) is 11.4 Å². The summed E-state index contributed by atoms with van der Waals surface area (Å²) >= 11 is 1.09. The van der Waals surface area contributed by atoms with Gasteiger partial charge in [0.05, 0.1) is 20.0 Å². The first-order chi connectivity index (χ1) is 13.6. The molecule has 2 aromatic carbocycles. The third-order valence-electron chi connectivity index (χ3n) is 3.78. The Bertz CT molecular complexity index is 943. The number of hydrogen-bond acceptors (Lipinski definition) is 7. The van der Waals surface area contributed by atoms with Gasteiger partial charge >= 0.3 is 5.97 Å². The van der Waals surface area contributed by atoms with Crippen molar-refractivity contribution in [2.45, 2.75) is 11.8 Å². The smallest absolute Gasteiger partial charge is 0.313 e. The number of carbonyl (C=O) groups is 1. The quantitative estimate of drug-likeness (QED) is 0.547. The summed E-state index contributed by atoms with van der Waals surface area (Å²) in [6.45, 7) is 0.132. The van der Waals surface area contributed by atoms with E-state index >= 15 is 0 Å². The number of aromatic nitrogens is 3. The lowest BCUT2D eigenvalue weighted by Crippen LogP contribution is -2.08. The highest BCUT2D eigenvalue weighted by atomic mass is 32.2. The second kappa shape index (κ2) is 9.14. The van der Waals surface area contributed by atoms with Gasteiger partial charge in [0.2, 0.25) is 0 Å². The van der Waals surface area contributed by atoms with Crippen LogP contribution >= 0.6 is 11.8 Å².